The first kappa shape index (κ1) is 17.8. The van der Waals surface area contributed by atoms with Crippen LogP contribution in [0.4, 0.5) is 0 Å². The number of unbranched alkanes of at least 4 members (excludes halogenated alkanes) is 3. The van der Waals surface area contributed by atoms with Gasteiger partial charge in [-0.2, -0.15) is 0 Å². The highest BCUT2D eigenvalue weighted by Crippen LogP contribution is 2.04. The Morgan fingerprint density at radius 2 is 1.50 bits per heavy atom. The standard InChI is InChI=1S/C8H18O2.2H3N/c1-8(10)6-4-2-3-5-7-9;;/h8-10H,2-7H2,1H3;2*1H3. The average molecular weight is 180 g/mol. The third-order valence-corrected chi connectivity index (χ3v) is 1.53. The lowest BCUT2D eigenvalue weighted by Gasteiger charge is -2.01. The van der Waals surface area contributed by atoms with Crippen molar-refractivity contribution in [2.75, 3.05) is 6.61 Å². The lowest BCUT2D eigenvalue weighted by molar-refractivity contribution is 0.180. The van der Waals surface area contributed by atoms with Gasteiger partial charge in [0.1, 0.15) is 0 Å². The lowest BCUT2D eigenvalue weighted by atomic mass is 10.1. The van der Waals surface area contributed by atoms with E-state index in [-0.39, 0.29) is 18.4 Å². The molecule has 0 heterocycles. The Labute approximate surface area is 75.2 Å². The van der Waals surface area contributed by atoms with Gasteiger partial charge in [0, 0.05) is 6.61 Å². The molecule has 0 saturated carbocycles. The number of rotatable bonds is 6. The fourth-order valence-electron chi connectivity index (χ4n) is 0.905. The van der Waals surface area contributed by atoms with Crippen LogP contribution in [0.15, 0.2) is 0 Å². The van der Waals surface area contributed by atoms with Gasteiger partial charge in [-0.25, -0.2) is 0 Å². The molecule has 0 aliphatic heterocycles. The molecule has 0 fully saturated rings. The molecule has 12 heavy (non-hydrogen) atoms. The molecule has 0 bridgehead atoms. The van der Waals surface area contributed by atoms with Crippen molar-refractivity contribution in [1.29, 1.82) is 0 Å². The Kier molecular flexibility index (Phi) is 19.9. The van der Waals surface area contributed by atoms with Gasteiger partial charge in [0.2, 0.25) is 0 Å². The van der Waals surface area contributed by atoms with Crippen LogP contribution in [0.3, 0.4) is 0 Å². The Morgan fingerprint density at radius 3 is 1.92 bits per heavy atom. The maximum atomic E-state index is 8.86. The van der Waals surface area contributed by atoms with Crippen molar-refractivity contribution in [3.8, 4) is 0 Å². The van der Waals surface area contributed by atoms with Crippen LogP contribution in [0.1, 0.15) is 39.0 Å². The summed E-state index contributed by atoms with van der Waals surface area (Å²) < 4.78 is 0. The normalized spacial score (nSPS) is 11.2. The first-order valence-electron chi connectivity index (χ1n) is 4.06. The van der Waals surface area contributed by atoms with Crippen molar-refractivity contribution < 1.29 is 10.2 Å². The topological polar surface area (TPSA) is 110 Å². The van der Waals surface area contributed by atoms with Gasteiger partial charge in [-0.1, -0.05) is 19.3 Å². The highest BCUT2D eigenvalue weighted by atomic mass is 16.3. The predicted molar refractivity (Wildman–Crippen MR) is 51.9 cm³/mol. The Morgan fingerprint density at radius 1 is 1.00 bits per heavy atom. The molecule has 0 aliphatic rings. The molecule has 0 aliphatic carbocycles. The lowest BCUT2D eigenvalue weighted by Crippen LogP contribution is -1.98. The molecule has 0 saturated heterocycles. The van der Waals surface area contributed by atoms with E-state index < -0.39 is 0 Å². The van der Waals surface area contributed by atoms with Crippen molar-refractivity contribution in [3.05, 3.63) is 0 Å². The molecule has 0 aromatic heterocycles. The van der Waals surface area contributed by atoms with Crippen LogP contribution in [-0.4, -0.2) is 22.9 Å². The quantitative estimate of drug-likeness (QED) is 0.465. The van der Waals surface area contributed by atoms with Crippen molar-refractivity contribution in [1.82, 2.24) is 12.3 Å². The van der Waals surface area contributed by atoms with Crippen molar-refractivity contribution in [3.63, 3.8) is 0 Å². The van der Waals surface area contributed by atoms with Gasteiger partial charge in [-0.05, 0) is 19.8 Å². The first-order valence-corrected chi connectivity index (χ1v) is 4.06. The van der Waals surface area contributed by atoms with Gasteiger partial charge >= 0.3 is 0 Å². The van der Waals surface area contributed by atoms with Crippen LogP contribution in [0.25, 0.3) is 0 Å². The van der Waals surface area contributed by atoms with Crippen LogP contribution < -0.4 is 12.3 Å². The van der Waals surface area contributed by atoms with Crippen LogP contribution >= 0.6 is 0 Å². The van der Waals surface area contributed by atoms with E-state index in [1.807, 2.05) is 6.92 Å². The Hall–Kier alpha value is -0.160. The molecular weight excluding hydrogens is 156 g/mol. The van der Waals surface area contributed by atoms with E-state index in [1.165, 1.54) is 0 Å². The molecule has 0 amide bonds. The highest BCUT2D eigenvalue weighted by molar-refractivity contribution is 4.48. The van der Waals surface area contributed by atoms with E-state index in [0.717, 1.165) is 32.1 Å². The van der Waals surface area contributed by atoms with Gasteiger partial charge in [-0.3, -0.25) is 0 Å². The summed E-state index contributed by atoms with van der Waals surface area (Å²) in [6.07, 6.45) is 4.94. The molecule has 0 aromatic rings. The molecule has 78 valence electrons. The molecule has 4 heteroatoms. The average Bonchev–Trinajstić information content (AvgIpc) is 1.87. The van der Waals surface area contributed by atoms with E-state index in [4.69, 9.17) is 10.2 Å². The van der Waals surface area contributed by atoms with Crippen molar-refractivity contribution in [2.45, 2.75) is 45.1 Å². The summed E-state index contributed by atoms with van der Waals surface area (Å²) >= 11 is 0. The van der Waals surface area contributed by atoms with E-state index >= 15 is 0 Å². The SMILES string of the molecule is CC(O)CCCCCCO.N.N. The molecular formula is C8H24N2O2. The summed E-state index contributed by atoms with van der Waals surface area (Å²) in [5, 5.41) is 17.3. The molecule has 4 nitrogen and oxygen atoms in total. The number of hydrogen-bond donors (Lipinski definition) is 4. The Balaban J connectivity index is -0.000000405. The zero-order valence-electron chi connectivity index (χ0n) is 8.13. The molecule has 1 unspecified atom stereocenters. The molecule has 1 atom stereocenters. The summed E-state index contributed by atoms with van der Waals surface area (Å²) in [7, 11) is 0. The smallest absolute Gasteiger partial charge is 0.0512 e. The maximum absolute atomic E-state index is 8.86. The van der Waals surface area contributed by atoms with E-state index in [1.54, 1.807) is 0 Å². The minimum Gasteiger partial charge on any atom is -0.396 e. The summed E-state index contributed by atoms with van der Waals surface area (Å²) in [6.45, 7) is 2.11. The van der Waals surface area contributed by atoms with Gasteiger partial charge in [-0.15, -0.1) is 0 Å². The first-order chi connectivity index (χ1) is 4.77. The highest BCUT2D eigenvalue weighted by Gasteiger charge is 1.94. The van der Waals surface area contributed by atoms with Crippen molar-refractivity contribution in [2.24, 2.45) is 0 Å². The monoisotopic (exact) mass is 180 g/mol. The van der Waals surface area contributed by atoms with Crippen LogP contribution in [0.2, 0.25) is 0 Å². The molecule has 0 aromatic carbocycles. The summed E-state index contributed by atoms with van der Waals surface area (Å²) in [6, 6.07) is 0. The summed E-state index contributed by atoms with van der Waals surface area (Å²) in [4.78, 5) is 0. The Bertz CT molecular complexity index is 70.1. The van der Waals surface area contributed by atoms with Crippen molar-refractivity contribution >= 4 is 0 Å². The second-order valence-electron chi connectivity index (χ2n) is 2.78. The number of aliphatic hydroxyl groups excluding tert-OH is 2. The van der Waals surface area contributed by atoms with Gasteiger partial charge < -0.3 is 22.5 Å². The number of aliphatic hydroxyl groups is 2. The van der Waals surface area contributed by atoms with E-state index in [2.05, 4.69) is 0 Å². The molecule has 0 radical (unpaired) electrons. The second-order valence-corrected chi connectivity index (χ2v) is 2.78. The van der Waals surface area contributed by atoms with Crippen LogP contribution in [0, 0.1) is 0 Å². The number of hydrogen-bond acceptors (Lipinski definition) is 4. The minimum atomic E-state index is -0.158. The van der Waals surface area contributed by atoms with Gasteiger partial charge in [0.05, 0.1) is 6.10 Å². The molecule has 0 spiro atoms. The maximum Gasteiger partial charge on any atom is 0.0512 e. The zero-order valence-corrected chi connectivity index (χ0v) is 8.13. The second kappa shape index (κ2) is 13.4. The fraction of sp³-hybridized carbons (Fsp3) is 1.00. The predicted octanol–water partition coefficient (Wildman–Crippen LogP) is 1.63. The molecule has 0 rings (SSSR count). The zero-order chi connectivity index (χ0) is 7.82. The third kappa shape index (κ3) is 16.4. The summed E-state index contributed by atoms with van der Waals surface area (Å²) in [5.41, 5.74) is 0. The minimum absolute atomic E-state index is 0. The van der Waals surface area contributed by atoms with Crippen LogP contribution in [-0.2, 0) is 0 Å². The van der Waals surface area contributed by atoms with E-state index in [9.17, 15) is 0 Å². The fourth-order valence-corrected chi connectivity index (χ4v) is 0.905. The summed E-state index contributed by atoms with van der Waals surface area (Å²) in [5.74, 6) is 0. The van der Waals surface area contributed by atoms with Gasteiger partial charge in [0.25, 0.3) is 0 Å². The van der Waals surface area contributed by atoms with E-state index in [0.29, 0.717) is 6.61 Å². The van der Waals surface area contributed by atoms with Gasteiger partial charge in [0.15, 0.2) is 0 Å². The third-order valence-electron chi connectivity index (χ3n) is 1.53. The van der Waals surface area contributed by atoms with Crippen LogP contribution in [0.5, 0.6) is 0 Å². The molecule has 8 N–H and O–H groups in total. The largest absolute Gasteiger partial charge is 0.396 e.